The molecule has 1 aromatic carbocycles. The van der Waals surface area contributed by atoms with Crippen LogP contribution in [0, 0.1) is 0 Å². The molecule has 1 saturated carbocycles. The number of rotatable bonds is 4. The van der Waals surface area contributed by atoms with Crippen molar-refractivity contribution in [2.45, 2.75) is 37.5 Å². The minimum Gasteiger partial charge on any atom is -0.377 e. The van der Waals surface area contributed by atoms with Crippen molar-refractivity contribution in [1.29, 1.82) is 0 Å². The van der Waals surface area contributed by atoms with E-state index in [4.69, 9.17) is 4.74 Å². The molecule has 180 valence electrons. The van der Waals surface area contributed by atoms with Crippen LogP contribution in [0.15, 0.2) is 30.5 Å². The first-order valence-electron chi connectivity index (χ1n) is 10.9. The molecule has 3 amide bonds. The Hall–Kier alpha value is -3.41. The molecule has 34 heavy (non-hydrogen) atoms. The minimum atomic E-state index is -4.59. The summed E-state index contributed by atoms with van der Waals surface area (Å²) in [6, 6.07) is 6.79. The van der Waals surface area contributed by atoms with E-state index in [1.165, 1.54) is 6.20 Å². The van der Waals surface area contributed by atoms with Crippen LogP contribution < -0.4 is 20.4 Å². The number of halogens is 3. The lowest BCUT2D eigenvalue weighted by Gasteiger charge is -2.50. The molecule has 0 unspecified atom stereocenters. The quantitative estimate of drug-likeness (QED) is 0.704. The molecular weight excluding hydrogens is 453 g/mol. The van der Waals surface area contributed by atoms with Crippen LogP contribution in [0.25, 0.3) is 11.4 Å². The van der Waals surface area contributed by atoms with Crippen molar-refractivity contribution in [2.75, 3.05) is 41.4 Å². The van der Waals surface area contributed by atoms with Gasteiger partial charge in [-0.3, -0.25) is 9.69 Å². The number of ether oxygens (including phenoxy) is 1. The van der Waals surface area contributed by atoms with Crippen molar-refractivity contribution in [3.63, 3.8) is 0 Å². The fraction of sp³-hybridized carbons (Fsp3) is 0.455. The fourth-order valence-corrected chi connectivity index (χ4v) is 4.18. The van der Waals surface area contributed by atoms with Gasteiger partial charge in [0.25, 0.3) is 5.91 Å². The number of aromatic nitrogens is 2. The van der Waals surface area contributed by atoms with E-state index in [-0.39, 0.29) is 30.2 Å². The van der Waals surface area contributed by atoms with Gasteiger partial charge in [-0.2, -0.15) is 13.2 Å². The standard InChI is InChI=1S/C22H23F3N6O3/c1-21-12-34-9-8-31(21)18-16(30(19(21)32)11-22(23,24)25)10-26-17(29-18)13-2-4-14(5-3-13)27-20(33)28-15-6-7-15/h2-5,10,15H,6-9,11-12H2,1H3,(H2,27,28,33)/t21-/m0/s1. The summed E-state index contributed by atoms with van der Waals surface area (Å²) in [4.78, 5) is 36.2. The van der Waals surface area contributed by atoms with Crippen LogP contribution in [0.3, 0.4) is 0 Å². The van der Waals surface area contributed by atoms with Gasteiger partial charge in [0.15, 0.2) is 11.6 Å². The molecule has 1 atom stereocenters. The maximum atomic E-state index is 13.3. The number of fused-ring (bicyclic) bond motifs is 3. The Morgan fingerprint density at radius 2 is 2.00 bits per heavy atom. The average molecular weight is 476 g/mol. The number of anilines is 3. The summed E-state index contributed by atoms with van der Waals surface area (Å²) in [6.45, 7) is 0.723. The topological polar surface area (TPSA) is 99.7 Å². The first kappa shape index (κ1) is 22.4. The maximum absolute atomic E-state index is 13.3. The zero-order valence-corrected chi connectivity index (χ0v) is 18.4. The lowest BCUT2D eigenvalue weighted by molar-refractivity contribution is -0.138. The number of carbonyl (C=O) groups is 2. The van der Waals surface area contributed by atoms with E-state index in [2.05, 4.69) is 20.6 Å². The number of carbonyl (C=O) groups excluding carboxylic acids is 2. The highest BCUT2D eigenvalue weighted by Gasteiger charge is 2.52. The molecular formula is C22H23F3N6O3. The highest BCUT2D eigenvalue weighted by atomic mass is 19.4. The van der Waals surface area contributed by atoms with E-state index in [9.17, 15) is 22.8 Å². The second-order valence-electron chi connectivity index (χ2n) is 8.84. The van der Waals surface area contributed by atoms with E-state index in [0.717, 1.165) is 12.8 Å². The summed E-state index contributed by atoms with van der Waals surface area (Å²) in [7, 11) is 0. The molecule has 2 aliphatic heterocycles. The third-order valence-electron chi connectivity index (χ3n) is 6.09. The molecule has 1 aliphatic carbocycles. The number of hydrogen-bond donors (Lipinski definition) is 2. The maximum Gasteiger partial charge on any atom is 0.406 e. The Kier molecular flexibility index (Phi) is 5.34. The molecule has 2 fully saturated rings. The monoisotopic (exact) mass is 476 g/mol. The number of nitrogens with one attached hydrogen (secondary N) is 2. The zero-order valence-electron chi connectivity index (χ0n) is 18.4. The molecule has 3 aliphatic rings. The van der Waals surface area contributed by atoms with E-state index >= 15 is 0 Å². The van der Waals surface area contributed by atoms with Gasteiger partial charge in [-0.05, 0) is 44.0 Å². The Morgan fingerprint density at radius 3 is 2.68 bits per heavy atom. The first-order valence-corrected chi connectivity index (χ1v) is 10.9. The molecule has 1 aromatic heterocycles. The summed E-state index contributed by atoms with van der Waals surface area (Å²) in [5, 5.41) is 5.59. The number of urea groups is 1. The van der Waals surface area contributed by atoms with Crippen LogP contribution in [0.5, 0.6) is 0 Å². The van der Waals surface area contributed by atoms with Gasteiger partial charge in [0.2, 0.25) is 0 Å². The summed E-state index contributed by atoms with van der Waals surface area (Å²) in [6.07, 6.45) is -1.37. The number of benzene rings is 1. The van der Waals surface area contributed by atoms with Crippen LogP contribution in [0.4, 0.5) is 35.2 Å². The number of hydrogen-bond acceptors (Lipinski definition) is 6. The lowest BCUT2D eigenvalue weighted by atomic mass is 9.94. The van der Waals surface area contributed by atoms with E-state index < -0.39 is 24.2 Å². The first-order chi connectivity index (χ1) is 16.1. The number of morpholine rings is 1. The summed E-state index contributed by atoms with van der Waals surface area (Å²) in [5.41, 5.74) is -0.0848. The van der Waals surface area contributed by atoms with Gasteiger partial charge in [0, 0.05) is 23.8 Å². The number of alkyl halides is 3. The molecule has 1 saturated heterocycles. The van der Waals surface area contributed by atoms with Crippen LogP contribution in [0.2, 0.25) is 0 Å². The van der Waals surface area contributed by atoms with E-state index in [1.807, 2.05) is 0 Å². The summed E-state index contributed by atoms with van der Waals surface area (Å²) in [5.74, 6) is -0.151. The van der Waals surface area contributed by atoms with Gasteiger partial charge in [0.05, 0.1) is 19.4 Å². The second-order valence-corrected chi connectivity index (χ2v) is 8.84. The predicted octanol–water partition coefficient (Wildman–Crippen LogP) is 2.93. The van der Waals surface area contributed by atoms with Crippen molar-refractivity contribution in [2.24, 2.45) is 0 Å². The van der Waals surface area contributed by atoms with Gasteiger partial charge < -0.3 is 20.3 Å². The average Bonchev–Trinajstić information content (AvgIpc) is 3.60. The van der Waals surface area contributed by atoms with Crippen LogP contribution in [0.1, 0.15) is 19.8 Å². The van der Waals surface area contributed by atoms with Crippen molar-refractivity contribution in [3.8, 4) is 11.4 Å². The van der Waals surface area contributed by atoms with Gasteiger partial charge in [-0.1, -0.05) is 0 Å². The van der Waals surface area contributed by atoms with Crippen molar-refractivity contribution < 1.29 is 27.5 Å². The molecule has 0 spiro atoms. The molecule has 0 bridgehead atoms. The van der Waals surface area contributed by atoms with Crippen molar-refractivity contribution >= 4 is 29.1 Å². The molecule has 12 heteroatoms. The highest BCUT2D eigenvalue weighted by molar-refractivity contribution is 6.08. The lowest BCUT2D eigenvalue weighted by Crippen LogP contribution is -2.68. The van der Waals surface area contributed by atoms with Gasteiger partial charge >= 0.3 is 12.2 Å². The van der Waals surface area contributed by atoms with Crippen LogP contribution >= 0.6 is 0 Å². The molecule has 3 heterocycles. The van der Waals surface area contributed by atoms with Crippen molar-refractivity contribution in [3.05, 3.63) is 30.5 Å². The Bertz CT molecular complexity index is 1120. The Morgan fingerprint density at radius 1 is 1.26 bits per heavy atom. The third kappa shape index (κ3) is 4.25. The minimum absolute atomic E-state index is 0.0143. The highest BCUT2D eigenvalue weighted by Crippen LogP contribution is 2.42. The van der Waals surface area contributed by atoms with Crippen molar-refractivity contribution in [1.82, 2.24) is 15.3 Å². The molecule has 2 N–H and O–H groups in total. The summed E-state index contributed by atoms with van der Waals surface area (Å²) >= 11 is 0. The van der Waals surface area contributed by atoms with Gasteiger partial charge in [-0.15, -0.1) is 0 Å². The molecule has 0 radical (unpaired) electrons. The van der Waals surface area contributed by atoms with E-state index in [0.29, 0.717) is 35.1 Å². The van der Waals surface area contributed by atoms with Gasteiger partial charge in [-0.25, -0.2) is 14.8 Å². The van der Waals surface area contributed by atoms with Gasteiger partial charge in [0.1, 0.15) is 17.8 Å². The Labute approximate surface area is 193 Å². The normalized spacial score (nSPS) is 22.2. The van der Waals surface area contributed by atoms with E-state index in [1.54, 1.807) is 36.1 Å². The largest absolute Gasteiger partial charge is 0.406 e. The predicted molar refractivity (Wildman–Crippen MR) is 118 cm³/mol. The fourth-order valence-electron chi connectivity index (χ4n) is 4.18. The SMILES string of the molecule is C[C@@]12COCCN1c1nc(-c3ccc(NC(=O)NC4CC4)cc3)ncc1N(CC(F)(F)F)C2=O. The molecule has 5 rings (SSSR count). The Balaban J connectivity index is 1.46. The second kappa shape index (κ2) is 8.12. The smallest absolute Gasteiger partial charge is 0.377 e. The zero-order chi connectivity index (χ0) is 24.1. The van der Waals surface area contributed by atoms with Crippen LogP contribution in [-0.4, -0.2) is 66.0 Å². The number of nitrogens with zero attached hydrogens (tertiary/aromatic N) is 4. The third-order valence-corrected chi connectivity index (χ3v) is 6.09. The van der Waals surface area contributed by atoms with Crippen LogP contribution in [-0.2, 0) is 9.53 Å². The number of amides is 3. The molecule has 9 nitrogen and oxygen atoms in total. The molecule has 2 aromatic rings. The summed E-state index contributed by atoms with van der Waals surface area (Å²) < 4.78 is 45.3.